The molecule has 3 rings (SSSR count). The fourth-order valence-electron chi connectivity index (χ4n) is 4.58. The Balaban J connectivity index is 1.35. The molecule has 12 heteroatoms. The van der Waals surface area contributed by atoms with Gasteiger partial charge in [-0.2, -0.15) is 4.31 Å². The fourth-order valence-corrected chi connectivity index (χ4v) is 6.87. The molecule has 9 nitrogen and oxygen atoms in total. The van der Waals surface area contributed by atoms with Gasteiger partial charge in [0.1, 0.15) is 17.3 Å². The minimum absolute atomic E-state index is 0.0260. The molecular formula is C25H39Cl2N3O6S. The van der Waals surface area contributed by atoms with Gasteiger partial charge in [0.15, 0.2) is 0 Å². The van der Waals surface area contributed by atoms with Crippen molar-refractivity contribution in [2.24, 2.45) is 5.92 Å². The van der Waals surface area contributed by atoms with Crippen LogP contribution in [0.4, 0.5) is 0 Å². The summed E-state index contributed by atoms with van der Waals surface area (Å²) in [6, 6.07) is 2.98. The van der Waals surface area contributed by atoms with E-state index in [4.69, 9.17) is 37.4 Å². The van der Waals surface area contributed by atoms with Crippen LogP contribution in [0.25, 0.3) is 0 Å². The Bertz CT molecular complexity index is 977. The molecule has 1 aliphatic carbocycles. The van der Waals surface area contributed by atoms with Gasteiger partial charge < -0.3 is 24.0 Å². The van der Waals surface area contributed by atoms with Crippen LogP contribution in [0.5, 0.6) is 5.75 Å². The molecule has 1 aromatic rings. The van der Waals surface area contributed by atoms with Crippen LogP contribution in [-0.4, -0.2) is 108 Å². The van der Waals surface area contributed by atoms with Gasteiger partial charge >= 0.3 is 0 Å². The molecule has 1 amide bonds. The number of benzene rings is 1. The summed E-state index contributed by atoms with van der Waals surface area (Å²) in [5, 5.41) is -0.0521. The molecule has 1 heterocycles. The largest absolute Gasteiger partial charge is 0.497 e. The molecule has 37 heavy (non-hydrogen) atoms. The molecule has 0 radical (unpaired) electrons. The van der Waals surface area contributed by atoms with E-state index in [1.54, 1.807) is 4.90 Å². The normalized spacial score (nSPS) is 20.6. The number of ether oxygens (including phenoxy) is 3. The van der Waals surface area contributed by atoms with Gasteiger partial charge in [0.25, 0.3) is 0 Å². The number of rotatable bonds is 14. The monoisotopic (exact) mass is 579 g/mol. The Morgan fingerprint density at radius 3 is 2.27 bits per heavy atom. The Hall–Kier alpha value is -1.14. The zero-order valence-electron chi connectivity index (χ0n) is 22.0. The molecule has 1 aromatic carbocycles. The average molecular weight is 581 g/mol. The topological polar surface area (TPSA) is 88.6 Å². The smallest absolute Gasteiger partial charge is 0.248 e. The van der Waals surface area contributed by atoms with E-state index in [2.05, 4.69) is 4.90 Å². The summed E-state index contributed by atoms with van der Waals surface area (Å²) in [4.78, 5) is 16.6. The number of sulfonamides is 1. The minimum Gasteiger partial charge on any atom is -0.497 e. The first-order valence-electron chi connectivity index (χ1n) is 12.8. The summed E-state index contributed by atoms with van der Waals surface area (Å²) in [7, 11) is 0.713. The Morgan fingerprint density at radius 1 is 1.05 bits per heavy atom. The molecule has 0 N–H and O–H groups in total. The molecule has 210 valence electrons. The predicted molar refractivity (Wildman–Crippen MR) is 144 cm³/mol. The molecule has 0 unspecified atom stereocenters. The van der Waals surface area contributed by atoms with Crippen LogP contribution in [0.3, 0.4) is 0 Å². The molecule has 0 spiro atoms. The zero-order chi connectivity index (χ0) is 27.0. The van der Waals surface area contributed by atoms with Gasteiger partial charge in [-0.15, -0.1) is 0 Å². The van der Waals surface area contributed by atoms with Crippen LogP contribution >= 0.6 is 23.2 Å². The number of likely N-dealkylation sites (tertiary alicyclic amines) is 1. The third kappa shape index (κ3) is 8.42. The van der Waals surface area contributed by atoms with E-state index < -0.39 is 10.0 Å². The average Bonchev–Trinajstić information content (AvgIpc) is 2.84. The lowest BCUT2D eigenvalue weighted by atomic mass is 9.86. The highest BCUT2D eigenvalue weighted by atomic mass is 35.5. The Morgan fingerprint density at radius 2 is 1.70 bits per heavy atom. The third-order valence-corrected chi connectivity index (χ3v) is 10.0. The van der Waals surface area contributed by atoms with Gasteiger partial charge in [0.2, 0.25) is 15.9 Å². The van der Waals surface area contributed by atoms with Crippen LogP contribution in [0.2, 0.25) is 10.0 Å². The molecular weight excluding hydrogens is 541 g/mol. The lowest BCUT2D eigenvalue weighted by Crippen LogP contribution is -2.42. The first-order chi connectivity index (χ1) is 17.6. The van der Waals surface area contributed by atoms with Gasteiger partial charge in [0.05, 0.1) is 30.4 Å². The molecule has 0 aromatic heterocycles. The lowest BCUT2D eigenvalue weighted by Gasteiger charge is -2.35. The maximum Gasteiger partial charge on any atom is 0.248 e. The van der Waals surface area contributed by atoms with E-state index in [1.165, 1.54) is 45.8 Å². The van der Waals surface area contributed by atoms with Crippen LogP contribution in [0.1, 0.15) is 32.1 Å². The summed E-state index contributed by atoms with van der Waals surface area (Å²) in [5.74, 6) is 0.806. The van der Waals surface area contributed by atoms with Crippen LogP contribution in [-0.2, 0) is 24.3 Å². The maximum atomic E-state index is 12.9. The molecule has 1 aliphatic heterocycles. The fraction of sp³-hybridized carbons (Fsp3) is 0.720. The second kappa shape index (κ2) is 14.3. The van der Waals surface area contributed by atoms with Gasteiger partial charge in [-0.25, -0.2) is 8.42 Å². The number of nitrogens with zero attached hydrogens (tertiary/aromatic N) is 3. The molecule has 1 saturated carbocycles. The summed E-state index contributed by atoms with van der Waals surface area (Å²) in [6.07, 6.45) is 5.30. The van der Waals surface area contributed by atoms with Crippen LogP contribution < -0.4 is 4.74 Å². The Labute approximate surface area is 231 Å². The highest BCUT2D eigenvalue weighted by Crippen LogP contribution is 2.35. The minimum atomic E-state index is -3.95. The van der Waals surface area contributed by atoms with E-state index in [0.717, 1.165) is 49.7 Å². The number of hydrogen-bond acceptors (Lipinski definition) is 7. The summed E-state index contributed by atoms with van der Waals surface area (Å²) >= 11 is 12.3. The molecule has 2 fully saturated rings. The molecule has 1 saturated heterocycles. The number of carbonyl (C=O) groups excluding carboxylic acids is 1. The number of likely N-dealkylation sites (N-methyl/N-ethyl adjacent to an activating group) is 2. The van der Waals surface area contributed by atoms with Crippen molar-refractivity contribution in [3.8, 4) is 5.75 Å². The van der Waals surface area contributed by atoms with Crippen molar-refractivity contribution in [1.82, 2.24) is 14.1 Å². The van der Waals surface area contributed by atoms with Crippen LogP contribution in [0.15, 0.2) is 17.0 Å². The quantitative estimate of drug-likeness (QED) is 0.312. The van der Waals surface area contributed by atoms with Crippen molar-refractivity contribution in [3.63, 3.8) is 0 Å². The SMILES string of the molecule is COc1cc(Cl)c(S(=O)(=O)N(C)CCOCC(=O)N(C)C2CCC(COCCN3CCC3)CC2)c(Cl)c1. The zero-order valence-corrected chi connectivity index (χ0v) is 24.3. The standard InChI is InChI=1S/C25H39Cl2N3O6S/c1-28(37(32,33)25-22(26)15-21(34-3)16-23(25)27)11-13-36-18-24(31)29(2)20-7-5-19(6-8-20)17-35-14-12-30-9-4-10-30/h15-16,19-20H,4-14,17-18H2,1-3H3. The number of amides is 1. The highest BCUT2D eigenvalue weighted by Gasteiger charge is 2.29. The van der Waals surface area contributed by atoms with Crippen molar-refractivity contribution in [2.45, 2.75) is 43.0 Å². The van der Waals surface area contributed by atoms with E-state index in [0.29, 0.717) is 11.7 Å². The number of methoxy groups -OCH3 is 1. The van der Waals surface area contributed by atoms with E-state index in [9.17, 15) is 13.2 Å². The van der Waals surface area contributed by atoms with Crippen LogP contribution in [0, 0.1) is 5.92 Å². The highest BCUT2D eigenvalue weighted by molar-refractivity contribution is 7.89. The Kier molecular flexibility index (Phi) is 11.8. The maximum absolute atomic E-state index is 12.9. The van der Waals surface area contributed by atoms with Crippen molar-refractivity contribution in [1.29, 1.82) is 0 Å². The lowest BCUT2D eigenvalue weighted by molar-refractivity contribution is -0.137. The van der Waals surface area contributed by atoms with Crippen molar-refractivity contribution >= 4 is 39.1 Å². The van der Waals surface area contributed by atoms with Gasteiger partial charge in [-0.1, -0.05) is 23.2 Å². The summed E-state index contributed by atoms with van der Waals surface area (Å²) in [5.41, 5.74) is 0. The molecule has 0 atom stereocenters. The molecule has 2 aliphatic rings. The van der Waals surface area contributed by atoms with Crippen molar-refractivity contribution in [3.05, 3.63) is 22.2 Å². The van der Waals surface area contributed by atoms with E-state index in [1.807, 2.05) is 7.05 Å². The first-order valence-corrected chi connectivity index (χ1v) is 15.0. The number of hydrogen-bond donors (Lipinski definition) is 0. The van der Waals surface area contributed by atoms with Gasteiger partial charge in [-0.05, 0) is 51.1 Å². The second-order valence-electron chi connectivity index (χ2n) is 9.75. The number of halogens is 2. The van der Waals surface area contributed by atoms with Gasteiger partial charge in [-0.3, -0.25) is 4.79 Å². The molecule has 0 bridgehead atoms. The third-order valence-electron chi connectivity index (χ3n) is 7.26. The van der Waals surface area contributed by atoms with E-state index in [-0.39, 0.29) is 46.6 Å². The van der Waals surface area contributed by atoms with Gasteiger partial charge in [0, 0.05) is 52.0 Å². The summed E-state index contributed by atoms with van der Waals surface area (Å²) in [6.45, 7) is 5.01. The predicted octanol–water partition coefficient (Wildman–Crippen LogP) is 3.38. The first kappa shape index (κ1) is 30.4. The van der Waals surface area contributed by atoms with Crippen molar-refractivity contribution < 1.29 is 27.4 Å². The summed E-state index contributed by atoms with van der Waals surface area (Å²) < 4.78 is 43.5. The number of carbonyl (C=O) groups is 1. The van der Waals surface area contributed by atoms with Crippen molar-refractivity contribution in [2.75, 3.05) is 73.8 Å². The second-order valence-corrected chi connectivity index (χ2v) is 12.5. The van der Waals surface area contributed by atoms with E-state index >= 15 is 0 Å².